The smallest absolute Gasteiger partial charge is 0.229 e. The third-order valence-electron chi connectivity index (χ3n) is 3.99. The Morgan fingerprint density at radius 2 is 1.73 bits per heavy atom. The second kappa shape index (κ2) is 6.74. The number of hydrogen-bond donors (Lipinski definition) is 1. The van der Waals surface area contributed by atoms with E-state index < -0.39 is 52.5 Å². The Hall–Kier alpha value is -2.97. The summed E-state index contributed by atoms with van der Waals surface area (Å²) in [5, 5.41) is 2.22. The number of amides is 2. The molecule has 2 aromatic carbocycles. The van der Waals surface area contributed by atoms with Gasteiger partial charge in [0.15, 0.2) is 17.5 Å². The number of halogens is 5. The van der Waals surface area contributed by atoms with Crippen LogP contribution in [0.2, 0.25) is 0 Å². The lowest BCUT2D eigenvalue weighted by Crippen LogP contribution is -2.29. The zero-order valence-corrected chi connectivity index (χ0v) is 13.0. The van der Waals surface area contributed by atoms with Gasteiger partial charge in [-0.1, -0.05) is 0 Å². The van der Waals surface area contributed by atoms with Crippen molar-refractivity contribution in [2.24, 2.45) is 5.92 Å². The summed E-state index contributed by atoms with van der Waals surface area (Å²) in [6.45, 7) is -0.296. The summed E-state index contributed by atoms with van der Waals surface area (Å²) in [6, 6.07) is 4.11. The number of nitrogens with one attached hydrogen (secondary N) is 1. The van der Waals surface area contributed by atoms with Crippen LogP contribution in [-0.4, -0.2) is 18.4 Å². The van der Waals surface area contributed by atoms with Crippen LogP contribution in [0.4, 0.5) is 33.3 Å². The first-order valence-corrected chi connectivity index (χ1v) is 7.47. The minimum atomic E-state index is -1.73. The molecule has 1 saturated heterocycles. The highest BCUT2D eigenvalue weighted by Gasteiger charge is 2.37. The summed E-state index contributed by atoms with van der Waals surface area (Å²) < 4.78 is 66.7. The Bertz CT molecular complexity index is 903. The molecule has 0 aliphatic carbocycles. The average Bonchev–Trinajstić information content (AvgIpc) is 2.97. The minimum absolute atomic E-state index is 0.277. The van der Waals surface area contributed by atoms with E-state index in [-0.39, 0.29) is 18.7 Å². The van der Waals surface area contributed by atoms with Gasteiger partial charge in [0, 0.05) is 19.0 Å². The number of nitrogens with zero attached hydrogens (tertiary/aromatic N) is 1. The molecule has 0 saturated carbocycles. The first-order valence-electron chi connectivity index (χ1n) is 7.47. The van der Waals surface area contributed by atoms with Crippen LogP contribution in [0.15, 0.2) is 30.3 Å². The monoisotopic (exact) mass is 370 g/mol. The van der Waals surface area contributed by atoms with Crippen molar-refractivity contribution in [2.45, 2.75) is 6.42 Å². The molecule has 2 aromatic rings. The number of anilines is 2. The van der Waals surface area contributed by atoms with E-state index in [1.54, 1.807) is 0 Å². The third-order valence-corrected chi connectivity index (χ3v) is 3.99. The highest BCUT2D eigenvalue weighted by atomic mass is 19.2. The lowest BCUT2D eigenvalue weighted by Gasteiger charge is -2.18. The van der Waals surface area contributed by atoms with Gasteiger partial charge < -0.3 is 10.2 Å². The van der Waals surface area contributed by atoms with E-state index in [1.165, 1.54) is 0 Å². The van der Waals surface area contributed by atoms with Crippen LogP contribution in [0.25, 0.3) is 0 Å². The molecule has 3 rings (SSSR count). The lowest BCUT2D eigenvalue weighted by molar-refractivity contribution is -0.122. The Labute approximate surface area is 144 Å². The SMILES string of the molecule is O=C(Nc1ccc(F)cc1F)C1CC(=O)N(c2ccc(F)c(F)c2F)C1. The third kappa shape index (κ3) is 3.24. The molecule has 1 N–H and O–H groups in total. The van der Waals surface area contributed by atoms with Crippen LogP contribution in [0.3, 0.4) is 0 Å². The molecule has 1 atom stereocenters. The number of benzene rings is 2. The van der Waals surface area contributed by atoms with Gasteiger partial charge >= 0.3 is 0 Å². The van der Waals surface area contributed by atoms with Gasteiger partial charge in [-0.3, -0.25) is 9.59 Å². The van der Waals surface area contributed by atoms with E-state index in [0.717, 1.165) is 23.1 Å². The average molecular weight is 370 g/mol. The Kier molecular flexibility index (Phi) is 4.62. The fraction of sp³-hybridized carbons (Fsp3) is 0.176. The van der Waals surface area contributed by atoms with Crippen molar-refractivity contribution in [1.29, 1.82) is 0 Å². The molecule has 1 aliphatic rings. The molecule has 0 aromatic heterocycles. The molecule has 0 radical (unpaired) electrons. The summed E-state index contributed by atoms with van der Waals surface area (Å²) in [7, 11) is 0. The van der Waals surface area contributed by atoms with Crippen molar-refractivity contribution in [3.05, 3.63) is 59.4 Å². The normalized spacial score (nSPS) is 16.9. The second-order valence-electron chi connectivity index (χ2n) is 5.71. The van der Waals surface area contributed by atoms with Gasteiger partial charge in [0.1, 0.15) is 11.6 Å². The van der Waals surface area contributed by atoms with E-state index in [1.807, 2.05) is 0 Å². The molecule has 0 spiro atoms. The molecular weight excluding hydrogens is 359 g/mol. The number of carbonyl (C=O) groups excluding carboxylic acids is 2. The number of hydrogen-bond acceptors (Lipinski definition) is 2. The van der Waals surface area contributed by atoms with Gasteiger partial charge in [0.05, 0.1) is 17.3 Å². The van der Waals surface area contributed by atoms with Crippen LogP contribution in [0, 0.1) is 35.0 Å². The molecule has 1 aliphatic heterocycles. The van der Waals surface area contributed by atoms with Gasteiger partial charge in [0.2, 0.25) is 11.8 Å². The fourth-order valence-electron chi connectivity index (χ4n) is 2.67. The van der Waals surface area contributed by atoms with Crippen molar-refractivity contribution in [2.75, 3.05) is 16.8 Å². The molecule has 26 heavy (non-hydrogen) atoms. The van der Waals surface area contributed by atoms with E-state index in [9.17, 15) is 31.5 Å². The fourth-order valence-corrected chi connectivity index (χ4v) is 2.67. The molecule has 1 fully saturated rings. The van der Waals surface area contributed by atoms with Crippen molar-refractivity contribution in [3.63, 3.8) is 0 Å². The van der Waals surface area contributed by atoms with Gasteiger partial charge in [-0.25, -0.2) is 22.0 Å². The lowest BCUT2D eigenvalue weighted by atomic mass is 10.1. The number of rotatable bonds is 3. The molecule has 136 valence electrons. The standard InChI is InChI=1S/C17H11F5N2O2/c18-9-1-3-12(11(20)6-9)23-17(26)8-5-14(25)24(7-8)13-4-2-10(19)15(21)16(13)22/h1-4,6,8H,5,7H2,(H,23,26). The maximum absolute atomic E-state index is 13.9. The summed E-state index contributed by atoms with van der Waals surface area (Å²) in [5.41, 5.74) is -0.765. The van der Waals surface area contributed by atoms with Gasteiger partial charge in [0.25, 0.3) is 0 Å². The minimum Gasteiger partial charge on any atom is -0.323 e. The Balaban J connectivity index is 1.77. The van der Waals surface area contributed by atoms with Crippen molar-refractivity contribution in [3.8, 4) is 0 Å². The Morgan fingerprint density at radius 3 is 2.42 bits per heavy atom. The van der Waals surface area contributed by atoms with E-state index >= 15 is 0 Å². The molecule has 4 nitrogen and oxygen atoms in total. The highest BCUT2D eigenvalue weighted by molar-refractivity contribution is 6.03. The first-order chi connectivity index (χ1) is 12.3. The zero-order chi connectivity index (χ0) is 19.0. The Morgan fingerprint density at radius 1 is 1.00 bits per heavy atom. The predicted molar refractivity (Wildman–Crippen MR) is 81.8 cm³/mol. The van der Waals surface area contributed by atoms with E-state index in [4.69, 9.17) is 0 Å². The second-order valence-corrected chi connectivity index (χ2v) is 5.71. The predicted octanol–water partition coefficient (Wildman–Crippen LogP) is 3.37. The maximum Gasteiger partial charge on any atom is 0.229 e. The molecule has 1 unspecified atom stereocenters. The quantitative estimate of drug-likeness (QED) is 0.665. The van der Waals surface area contributed by atoms with Crippen LogP contribution in [0.5, 0.6) is 0 Å². The van der Waals surface area contributed by atoms with Crippen molar-refractivity contribution < 1.29 is 31.5 Å². The van der Waals surface area contributed by atoms with Crippen molar-refractivity contribution in [1.82, 2.24) is 0 Å². The molecule has 9 heteroatoms. The molecule has 1 heterocycles. The van der Waals surface area contributed by atoms with Crippen LogP contribution >= 0.6 is 0 Å². The molecular formula is C17H11F5N2O2. The maximum atomic E-state index is 13.9. The topological polar surface area (TPSA) is 49.4 Å². The summed E-state index contributed by atoms with van der Waals surface area (Å²) >= 11 is 0. The van der Waals surface area contributed by atoms with E-state index in [2.05, 4.69) is 5.32 Å². The highest BCUT2D eigenvalue weighted by Crippen LogP contribution is 2.30. The summed E-state index contributed by atoms with van der Waals surface area (Å²) in [4.78, 5) is 25.1. The van der Waals surface area contributed by atoms with Gasteiger partial charge in [-0.15, -0.1) is 0 Å². The zero-order valence-electron chi connectivity index (χ0n) is 13.0. The largest absolute Gasteiger partial charge is 0.323 e. The van der Waals surface area contributed by atoms with E-state index in [0.29, 0.717) is 12.1 Å². The molecule has 2 amide bonds. The van der Waals surface area contributed by atoms with Crippen molar-refractivity contribution >= 4 is 23.2 Å². The van der Waals surface area contributed by atoms with Gasteiger partial charge in [-0.2, -0.15) is 0 Å². The summed E-state index contributed by atoms with van der Waals surface area (Å²) in [6.07, 6.45) is -0.326. The van der Waals surface area contributed by atoms with Gasteiger partial charge in [-0.05, 0) is 24.3 Å². The van der Waals surface area contributed by atoms with Crippen LogP contribution in [-0.2, 0) is 9.59 Å². The number of carbonyl (C=O) groups is 2. The van der Waals surface area contributed by atoms with Crippen LogP contribution in [0.1, 0.15) is 6.42 Å². The molecule has 0 bridgehead atoms. The van der Waals surface area contributed by atoms with Crippen LogP contribution < -0.4 is 10.2 Å². The summed E-state index contributed by atoms with van der Waals surface area (Å²) in [5.74, 6) is -8.87. The first kappa shape index (κ1) is 17.8.